The molecule has 0 amide bonds. The zero-order chi connectivity index (χ0) is 17.9. The smallest absolute Gasteiger partial charge is 0.310 e. The Morgan fingerprint density at radius 3 is 2.64 bits per heavy atom. The first-order valence-corrected chi connectivity index (χ1v) is 8.30. The van der Waals surface area contributed by atoms with Crippen LogP contribution >= 0.6 is 0 Å². The molecule has 3 rings (SSSR count). The largest absolute Gasteiger partial charge is 0.493 e. The van der Waals surface area contributed by atoms with Gasteiger partial charge in [0.15, 0.2) is 5.66 Å². The average molecular weight is 336 g/mol. The highest BCUT2D eigenvalue weighted by Gasteiger charge is 2.38. The lowest BCUT2D eigenvalue weighted by atomic mass is 9.98. The molecule has 2 aromatic carbocycles. The van der Waals surface area contributed by atoms with Gasteiger partial charge in [-0.1, -0.05) is 24.3 Å². The van der Waals surface area contributed by atoms with E-state index in [-0.39, 0.29) is 5.66 Å². The summed E-state index contributed by atoms with van der Waals surface area (Å²) < 4.78 is 5.82. The van der Waals surface area contributed by atoms with E-state index in [4.69, 9.17) is 16.3 Å². The number of benzene rings is 2. The third-order valence-electron chi connectivity index (χ3n) is 4.53. The molecule has 1 atom stereocenters. The predicted octanol–water partition coefficient (Wildman–Crippen LogP) is 4.37. The minimum absolute atomic E-state index is 0.328. The molecular weight excluding hydrogens is 316 g/mol. The SMILES string of the molecule is C#CCCC1(CCOc2ccc3cc([C@H](C)C(=O)O)ccc3c2)N=N1. The number of ether oxygens (including phenoxy) is 1. The number of fused-ring (bicyclic) bond motifs is 1. The van der Waals surface area contributed by atoms with Crippen molar-refractivity contribution in [2.24, 2.45) is 10.2 Å². The van der Waals surface area contributed by atoms with Crippen molar-refractivity contribution < 1.29 is 14.6 Å². The summed E-state index contributed by atoms with van der Waals surface area (Å²) in [5, 5.41) is 19.3. The lowest BCUT2D eigenvalue weighted by Crippen LogP contribution is -2.15. The van der Waals surface area contributed by atoms with E-state index in [0.29, 0.717) is 13.0 Å². The predicted molar refractivity (Wildman–Crippen MR) is 95.8 cm³/mol. The maximum Gasteiger partial charge on any atom is 0.310 e. The molecule has 0 aliphatic carbocycles. The van der Waals surface area contributed by atoms with E-state index in [1.165, 1.54) is 0 Å². The summed E-state index contributed by atoms with van der Waals surface area (Å²) in [4.78, 5) is 11.1. The van der Waals surface area contributed by atoms with Crippen LogP contribution in [0.3, 0.4) is 0 Å². The first-order valence-electron chi connectivity index (χ1n) is 8.30. The van der Waals surface area contributed by atoms with Crippen molar-refractivity contribution in [1.29, 1.82) is 0 Å². The Morgan fingerprint density at radius 1 is 1.24 bits per heavy atom. The summed E-state index contributed by atoms with van der Waals surface area (Å²) in [5.41, 5.74) is 0.464. The fourth-order valence-electron chi connectivity index (χ4n) is 2.74. The molecule has 2 aromatic rings. The lowest BCUT2D eigenvalue weighted by Gasteiger charge is -2.12. The molecule has 0 bridgehead atoms. The monoisotopic (exact) mass is 336 g/mol. The van der Waals surface area contributed by atoms with Crippen LogP contribution in [0.4, 0.5) is 0 Å². The van der Waals surface area contributed by atoms with E-state index in [0.717, 1.165) is 34.9 Å². The average Bonchev–Trinajstić information content (AvgIpc) is 3.39. The number of hydrogen-bond donors (Lipinski definition) is 1. The molecular formula is C20H20N2O3. The van der Waals surface area contributed by atoms with Gasteiger partial charge in [0, 0.05) is 19.3 Å². The molecule has 1 heterocycles. The van der Waals surface area contributed by atoms with Crippen LogP contribution in [0.25, 0.3) is 10.8 Å². The molecule has 0 radical (unpaired) electrons. The topological polar surface area (TPSA) is 71.2 Å². The Kier molecular flexibility index (Phi) is 4.71. The van der Waals surface area contributed by atoms with Crippen LogP contribution in [0.5, 0.6) is 5.75 Å². The molecule has 128 valence electrons. The Bertz CT molecular complexity index is 861. The maximum atomic E-state index is 11.1. The number of rotatable bonds is 8. The van der Waals surface area contributed by atoms with E-state index >= 15 is 0 Å². The number of carboxylic acid groups (broad SMARTS) is 1. The van der Waals surface area contributed by atoms with Crippen molar-refractivity contribution in [3.63, 3.8) is 0 Å². The number of aliphatic carboxylic acids is 1. The number of carbonyl (C=O) groups is 1. The Labute approximate surface area is 146 Å². The van der Waals surface area contributed by atoms with Gasteiger partial charge in [-0.05, 0) is 35.4 Å². The Morgan fingerprint density at radius 2 is 1.96 bits per heavy atom. The van der Waals surface area contributed by atoms with E-state index in [9.17, 15) is 4.79 Å². The van der Waals surface area contributed by atoms with E-state index in [2.05, 4.69) is 16.1 Å². The van der Waals surface area contributed by atoms with Gasteiger partial charge in [-0.15, -0.1) is 12.3 Å². The van der Waals surface area contributed by atoms with Crippen LogP contribution < -0.4 is 4.74 Å². The standard InChI is InChI=1S/C20H20N2O3/c1-3-4-9-20(21-22-20)10-11-25-18-8-7-16-12-15(14(2)19(23)24)5-6-17(16)13-18/h1,5-8,12-14H,4,9-11H2,2H3,(H,23,24)/t14-/m0/s1. The number of carboxylic acids is 1. The van der Waals surface area contributed by atoms with Crippen molar-refractivity contribution in [3.05, 3.63) is 42.0 Å². The normalized spacial score (nSPS) is 15.5. The fourth-order valence-corrected chi connectivity index (χ4v) is 2.74. The molecule has 5 heteroatoms. The summed E-state index contributed by atoms with van der Waals surface area (Å²) in [5.74, 6) is 2.04. The second kappa shape index (κ2) is 6.94. The summed E-state index contributed by atoms with van der Waals surface area (Å²) in [6, 6.07) is 11.5. The second-order valence-corrected chi connectivity index (χ2v) is 6.31. The Hall–Kier alpha value is -2.87. The molecule has 1 aliphatic heterocycles. The van der Waals surface area contributed by atoms with Gasteiger partial charge in [-0.3, -0.25) is 4.79 Å². The highest BCUT2D eigenvalue weighted by molar-refractivity contribution is 5.86. The van der Waals surface area contributed by atoms with Gasteiger partial charge in [-0.25, -0.2) is 0 Å². The zero-order valence-corrected chi connectivity index (χ0v) is 14.1. The zero-order valence-electron chi connectivity index (χ0n) is 14.1. The molecule has 5 nitrogen and oxygen atoms in total. The van der Waals surface area contributed by atoms with Crippen molar-refractivity contribution in [2.45, 2.75) is 37.8 Å². The second-order valence-electron chi connectivity index (χ2n) is 6.31. The van der Waals surface area contributed by atoms with Crippen molar-refractivity contribution in [3.8, 4) is 18.1 Å². The van der Waals surface area contributed by atoms with Gasteiger partial charge in [0.1, 0.15) is 5.75 Å². The van der Waals surface area contributed by atoms with Crippen LogP contribution in [0.2, 0.25) is 0 Å². The van der Waals surface area contributed by atoms with Gasteiger partial charge in [0.25, 0.3) is 0 Å². The van der Waals surface area contributed by atoms with Crippen molar-refractivity contribution in [2.75, 3.05) is 6.61 Å². The van der Waals surface area contributed by atoms with Gasteiger partial charge in [0.2, 0.25) is 0 Å². The maximum absolute atomic E-state index is 11.1. The summed E-state index contributed by atoms with van der Waals surface area (Å²) in [7, 11) is 0. The van der Waals surface area contributed by atoms with Crippen LogP contribution in [-0.4, -0.2) is 23.3 Å². The third kappa shape index (κ3) is 3.97. The van der Waals surface area contributed by atoms with Gasteiger partial charge >= 0.3 is 5.97 Å². The molecule has 0 unspecified atom stereocenters. The van der Waals surface area contributed by atoms with Crippen LogP contribution in [0.1, 0.15) is 37.7 Å². The quantitative estimate of drug-likeness (QED) is 0.728. The van der Waals surface area contributed by atoms with E-state index in [1.807, 2.05) is 36.4 Å². The molecule has 0 spiro atoms. The highest BCUT2D eigenvalue weighted by Crippen LogP contribution is 2.36. The third-order valence-corrected chi connectivity index (χ3v) is 4.53. The van der Waals surface area contributed by atoms with Crippen molar-refractivity contribution in [1.82, 2.24) is 0 Å². The number of terminal acetylenes is 1. The Balaban J connectivity index is 1.63. The summed E-state index contributed by atoms with van der Waals surface area (Å²) in [6.07, 6.45) is 7.45. The number of nitrogens with zero attached hydrogens (tertiary/aromatic N) is 2. The van der Waals surface area contributed by atoms with Gasteiger partial charge in [-0.2, -0.15) is 10.2 Å². The van der Waals surface area contributed by atoms with Crippen LogP contribution in [-0.2, 0) is 4.79 Å². The highest BCUT2D eigenvalue weighted by atomic mass is 16.5. The molecule has 1 N–H and O–H groups in total. The number of hydrogen-bond acceptors (Lipinski definition) is 4. The summed E-state index contributed by atoms with van der Waals surface area (Å²) >= 11 is 0. The van der Waals surface area contributed by atoms with Crippen LogP contribution in [0.15, 0.2) is 46.6 Å². The lowest BCUT2D eigenvalue weighted by molar-refractivity contribution is -0.138. The van der Waals surface area contributed by atoms with Crippen LogP contribution in [0, 0.1) is 12.3 Å². The first-order chi connectivity index (χ1) is 12.0. The minimum Gasteiger partial charge on any atom is -0.493 e. The molecule has 0 fully saturated rings. The van der Waals surface area contributed by atoms with Crippen molar-refractivity contribution >= 4 is 16.7 Å². The fraction of sp³-hybridized carbons (Fsp3) is 0.350. The molecule has 25 heavy (non-hydrogen) atoms. The van der Waals surface area contributed by atoms with E-state index < -0.39 is 11.9 Å². The summed E-state index contributed by atoms with van der Waals surface area (Å²) in [6.45, 7) is 2.21. The van der Waals surface area contributed by atoms with Gasteiger partial charge in [0.05, 0.1) is 12.5 Å². The first kappa shape index (κ1) is 17.0. The molecule has 0 aromatic heterocycles. The molecule has 0 saturated carbocycles. The molecule has 1 aliphatic rings. The van der Waals surface area contributed by atoms with Gasteiger partial charge < -0.3 is 9.84 Å². The minimum atomic E-state index is -0.825. The van der Waals surface area contributed by atoms with E-state index in [1.54, 1.807) is 6.92 Å². The molecule has 0 saturated heterocycles.